The maximum absolute atomic E-state index is 12.8. The van der Waals surface area contributed by atoms with Crippen LogP contribution in [0.2, 0.25) is 0 Å². The lowest BCUT2D eigenvalue weighted by molar-refractivity contribution is -0.163. The number of rotatable bonds is 47. The van der Waals surface area contributed by atoms with Crippen LogP contribution in [0.25, 0.3) is 0 Å². The first-order valence-corrected chi connectivity index (χ1v) is 26.1. The topological polar surface area (TPSA) is 61.8 Å². The van der Waals surface area contributed by atoms with E-state index in [0.717, 1.165) is 103 Å². The Bertz CT molecular complexity index is 1160. The summed E-state index contributed by atoms with van der Waals surface area (Å²) in [5.74, 6) is -0.423. The molecule has 0 aliphatic rings. The monoisotopic (exact) mass is 863 g/mol. The van der Waals surface area contributed by atoms with Gasteiger partial charge in [0.2, 0.25) is 0 Å². The maximum Gasteiger partial charge on any atom is 0.306 e. The molecule has 62 heavy (non-hydrogen) atoms. The van der Waals surface area contributed by atoms with Gasteiger partial charge in [-0.2, -0.15) is 0 Å². The summed E-state index contributed by atoms with van der Waals surface area (Å²) in [6, 6.07) is 0. The third kappa shape index (κ3) is 49.7. The van der Waals surface area contributed by atoms with E-state index >= 15 is 0 Å². The fraction of sp³-hybridized carbons (Fsp3) is 0.719. The molecular formula is C57H98O5. The molecule has 0 rings (SSSR count). The number of unbranched alkanes of at least 4 members (excludes halogenated alkanes) is 22. The summed E-state index contributed by atoms with van der Waals surface area (Å²) in [4.78, 5) is 25.4. The van der Waals surface area contributed by atoms with Crippen LogP contribution in [0.5, 0.6) is 0 Å². The van der Waals surface area contributed by atoms with E-state index < -0.39 is 6.10 Å². The summed E-state index contributed by atoms with van der Waals surface area (Å²) in [6.07, 6.45) is 68.8. The number of hydrogen-bond acceptors (Lipinski definition) is 5. The predicted molar refractivity (Wildman–Crippen MR) is 270 cm³/mol. The molecule has 5 nitrogen and oxygen atoms in total. The van der Waals surface area contributed by atoms with Crippen LogP contribution in [0, 0.1) is 0 Å². The molecule has 0 N–H and O–H groups in total. The zero-order valence-electron chi connectivity index (χ0n) is 40.9. The zero-order valence-corrected chi connectivity index (χ0v) is 40.9. The van der Waals surface area contributed by atoms with Crippen LogP contribution in [0.4, 0.5) is 0 Å². The van der Waals surface area contributed by atoms with Crippen LogP contribution >= 0.6 is 0 Å². The van der Waals surface area contributed by atoms with E-state index in [1.807, 2.05) is 0 Å². The smallest absolute Gasteiger partial charge is 0.306 e. The molecule has 0 bridgehead atoms. The number of ether oxygens (including phenoxy) is 3. The van der Waals surface area contributed by atoms with Crippen LogP contribution in [0.3, 0.4) is 0 Å². The lowest BCUT2D eigenvalue weighted by Crippen LogP contribution is -2.30. The third-order valence-corrected chi connectivity index (χ3v) is 10.9. The molecule has 356 valence electrons. The molecule has 0 heterocycles. The molecular weight excluding hydrogens is 765 g/mol. The van der Waals surface area contributed by atoms with Gasteiger partial charge in [0.05, 0.1) is 6.61 Å². The van der Waals surface area contributed by atoms with Crippen LogP contribution < -0.4 is 0 Å². The molecule has 0 radical (unpaired) electrons. The SMILES string of the molecule is CC/C=C\C/C=C\C/C=C\C/C=C\CCCCCCCCC(=O)OCC(COCCCCCC/C=C\C/C=C\C/C=C\CC)OC(=O)CCCCCCCCCCCCCCC. The van der Waals surface area contributed by atoms with E-state index in [0.29, 0.717) is 19.4 Å². The van der Waals surface area contributed by atoms with Crippen molar-refractivity contribution in [2.24, 2.45) is 0 Å². The summed E-state index contributed by atoms with van der Waals surface area (Å²) in [5.41, 5.74) is 0. The van der Waals surface area contributed by atoms with E-state index in [4.69, 9.17) is 14.2 Å². The van der Waals surface area contributed by atoms with Gasteiger partial charge in [-0.1, -0.05) is 221 Å². The van der Waals surface area contributed by atoms with Gasteiger partial charge < -0.3 is 14.2 Å². The summed E-state index contributed by atoms with van der Waals surface area (Å²) in [5, 5.41) is 0. The normalized spacial score (nSPS) is 12.9. The number of hydrogen-bond donors (Lipinski definition) is 0. The second-order valence-electron chi connectivity index (χ2n) is 17.0. The highest BCUT2D eigenvalue weighted by atomic mass is 16.6. The Morgan fingerprint density at radius 2 is 0.726 bits per heavy atom. The highest BCUT2D eigenvalue weighted by molar-refractivity contribution is 5.70. The van der Waals surface area contributed by atoms with Gasteiger partial charge in [-0.15, -0.1) is 0 Å². The maximum atomic E-state index is 12.8. The summed E-state index contributed by atoms with van der Waals surface area (Å²) in [6.45, 7) is 7.55. The number of carbonyl (C=O) groups excluding carboxylic acids is 2. The molecule has 0 aliphatic heterocycles. The number of carbonyl (C=O) groups is 2. The number of esters is 2. The third-order valence-electron chi connectivity index (χ3n) is 10.9. The fourth-order valence-electron chi connectivity index (χ4n) is 7.10. The lowest BCUT2D eigenvalue weighted by atomic mass is 10.0. The highest BCUT2D eigenvalue weighted by Crippen LogP contribution is 2.15. The van der Waals surface area contributed by atoms with Crippen LogP contribution in [-0.2, 0) is 23.8 Å². The van der Waals surface area contributed by atoms with E-state index in [9.17, 15) is 9.59 Å². The quantitative estimate of drug-likeness (QED) is 0.0346. The van der Waals surface area contributed by atoms with Crippen LogP contribution in [0.1, 0.15) is 239 Å². The Morgan fingerprint density at radius 1 is 0.371 bits per heavy atom. The summed E-state index contributed by atoms with van der Waals surface area (Å²) >= 11 is 0. The second-order valence-corrected chi connectivity index (χ2v) is 17.0. The average molecular weight is 863 g/mol. The van der Waals surface area contributed by atoms with Gasteiger partial charge in [0.25, 0.3) is 0 Å². The fourth-order valence-corrected chi connectivity index (χ4v) is 7.10. The molecule has 0 fully saturated rings. The van der Waals surface area contributed by atoms with Gasteiger partial charge in [-0.25, -0.2) is 0 Å². The standard InChI is InChI=1S/C57H98O5/c1-4-7-10-13-16-19-22-25-27-28-29-30-31-33-35-38-41-44-47-50-56(58)61-54-55(53-60-52-49-46-43-40-37-34-26-23-20-17-14-11-8-5-2)62-57(59)51-48-45-42-39-36-32-24-21-18-15-12-9-6-3/h7-8,10-11,16-17,19-20,25-27,29-30,34,55H,4-6,9,12-15,18,21-24,28,31-33,35-54H2,1-3H3/b10-7-,11-8-,19-16-,20-17-,27-25-,30-29-,34-26-. The minimum atomic E-state index is -0.555. The van der Waals surface area contributed by atoms with Crippen LogP contribution in [0.15, 0.2) is 85.1 Å². The van der Waals surface area contributed by atoms with Gasteiger partial charge in [0.1, 0.15) is 6.61 Å². The molecule has 5 heteroatoms. The van der Waals surface area contributed by atoms with Crippen molar-refractivity contribution in [1.82, 2.24) is 0 Å². The lowest BCUT2D eigenvalue weighted by Gasteiger charge is -2.18. The van der Waals surface area contributed by atoms with Crippen molar-refractivity contribution in [2.45, 2.75) is 245 Å². The molecule has 0 aromatic carbocycles. The number of allylic oxidation sites excluding steroid dienone is 14. The molecule has 0 aromatic heterocycles. The van der Waals surface area contributed by atoms with Crippen molar-refractivity contribution in [2.75, 3.05) is 19.8 Å². The molecule has 0 aliphatic carbocycles. The van der Waals surface area contributed by atoms with E-state index in [1.54, 1.807) is 0 Å². The molecule has 1 unspecified atom stereocenters. The first kappa shape index (κ1) is 59.1. The molecule has 0 amide bonds. The second kappa shape index (κ2) is 52.4. The zero-order chi connectivity index (χ0) is 44.9. The van der Waals surface area contributed by atoms with Gasteiger partial charge in [-0.3, -0.25) is 9.59 Å². The summed E-state index contributed by atoms with van der Waals surface area (Å²) < 4.78 is 17.4. The Morgan fingerprint density at radius 3 is 1.16 bits per heavy atom. The van der Waals surface area contributed by atoms with Crippen molar-refractivity contribution in [3.8, 4) is 0 Å². The molecule has 0 saturated carbocycles. The predicted octanol–water partition coefficient (Wildman–Crippen LogP) is 17.7. The average Bonchev–Trinajstić information content (AvgIpc) is 3.27. The van der Waals surface area contributed by atoms with Gasteiger partial charge >= 0.3 is 11.9 Å². The van der Waals surface area contributed by atoms with E-state index in [1.165, 1.54) is 103 Å². The first-order valence-electron chi connectivity index (χ1n) is 26.1. The Labute approximate surface area is 384 Å². The largest absolute Gasteiger partial charge is 0.462 e. The van der Waals surface area contributed by atoms with Gasteiger partial charge in [0.15, 0.2) is 6.10 Å². The summed E-state index contributed by atoms with van der Waals surface area (Å²) in [7, 11) is 0. The Balaban J connectivity index is 4.30. The van der Waals surface area contributed by atoms with Crippen molar-refractivity contribution in [3.63, 3.8) is 0 Å². The molecule has 0 spiro atoms. The van der Waals surface area contributed by atoms with E-state index in [2.05, 4.69) is 106 Å². The van der Waals surface area contributed by atoms with Gasteiger partial charge in [0, 0.05) is 19.4 Å². The highest BCUT2D eigenvalue weighted by Gasteiger charge is 2.17. The Hall–Kier alpha value is -2.92. The minimum Gasteiger partial charge on any atom is -0.462 e. The van der Waals surface area contributed by atoms with E-state index in [-0.39, 0.29) is 25.2 Å². The van der Waals surface area contributed by atoms with Crippen molar-refractivity contribution in [3.05, 3.63) is 85.1 Å². The minimum absolute atomic E-state index is 0.0669. The van der Waals surface area contributed by atoms with Crippen molar-refractivity contribution >= 4 is 11.9 Å². The van der Waals surface area contributed by atoms with Crippen molar-refractivity contribution < 1.29 is 23.8 Å². The molecule has 0 saturated heterocycles. The molecule has 0 aromatic rings. The molecule has 1 atom stereocenters. The van der Waals surface area contributed by atoms with Crippen LogP contribution in [-0.4, -0.2) is 37.9 Å². The first-order chi connectivity index (χ1) is 30.6. The van der Waals surface area contributed by atoms with Crippen molar-refractivity contribution in [1.29, 1.82) is 0 Å². The Kier molecular flexibility index (Phi) is 50.0. The van der Waals surface area contributed by atoms with Gasteiger partial charge in [-0.05, 0) is 89.9 Å².